The van der Waals surface area contributed by atoms with Gasteiger partial charge in [0.05, 0.1) is 29.3 Å². The van der Waals surface area contributed by atoms with Crippen molar-refractivity contribution in [2.75, 3.05) is 13.7 Å². The number of benzene rings is 1. The van der Waals surface area contributed by atoms with Crippen LogP contribution in [0.2, 0.25) is 0 Å². The number of Topliss-reactive ketones (excluding diaryl/α,β-unsaturated/α-hetero) is 1. The molecule has 4 atom stereocenters. The summed E-state index contributed by atoms with van der Waals surface area (Å²) >= 11 is 1.42. The number of methoxy groups -OCH3 is 1. The van der Waals surface area contributed by atoms with Gasteiger partial charge in [-0.2, -0.15) is 0 Å². The van der Waals surface area contributed by atoms with Gasteiger partial charge in [0.1, 0.15) is 17.7 Å². The third kappa shape index (κ3) is 4.69. The summed E-state index contributed by atoms with van der Waals surface area (Å²) in [5.74, 6) is -1.57. The van der Waals surface area contributed by atoms with E-state index in [0.29, 0.717) is 41.0 Å². The van der Waals surface area contributed by atoms with E-state index < -0.39 is 23.3 Å². The van der Waals surface area contributed by atoms with Crippen molar-refractivity contribution in [3.63, 3.8) is 0 Å². The molecule has 3 aromatic rings. The molecular formula is C27H28F2N4O4S. The smallest absolute Gasteiger partial charge is 0.235 e. The molecule has 0 radical (unpaired) electrons. The van der Waals surface area contributed by atoms with Gasteiger partial charge in [-0.3, -0.25) is 9.79 Å². The third-order valence-electron chi connectivity index (χ3n) is 7.17. The van der Waals surface area contributed by atoms with Gasteiger partial charge in [-0.15, -0.1) is 0 Å². The van der Waals surface area contributed by atoms with E-state index >= 15 is 4.39 Å². The van der Waals surface area contributed by atoms with Gasteiger partial charge in [0.15, 0.2) is 28.7 Å². The molecule has 2 aromatic heterocycles. The number of hydrogen-bond donors (Lipinski definition) is 1. The van der Waals surface area contributed by atoms with E-state index in [2.05, 4.69) is 15.0 Å². The van der Waals surface area contributed by atoms with E-state index in [9.17, 15) is 9.18 Å². The maximum atomic E-state index is 15.2. The molecule has 11 heteroatoms. The zero-order valence-electron chi connectivity index (χ0n) is 21.5. The number of oxazole rings is 1. The molecule has 1 aromatic carbocycles. The van der Waals surface area contributed by atoms with E-state index in [1.807, 2.05) is 0 Å². The van der Waals surface area contributed by atoms with E-state index in [-0.39, 0.29) is 34.1 Å². The Balaban J connectivity index is 1.38. The van der Waals surface area contributed by atoms with Crippen LogP contribution < -0.4 is 10.5 Å². The van der Waals surface area contributed by atoms with Gasteiger partial charge < -0.3 is 19.6 Å². The van der Waals surface area contributed by atoms with Crippen molar-refractivity contribution in [2.24, 2.45) is 16.6 Å². The van der Waals surface area contributed by atoms with Gasteiger partial charge >= 0.3 is 0 Å². The Bertz CT molecular complexity index is 1420. The molecule has 2 aliphatic rings. The van der Waals surface area contributed by atoms with Crippen molar-refractivity contribution in [1.29, 1.82) is 0 Å². The number of ketones is 1. The van der Waals surface area contributed by atoms with Crippen LogP contribution >= 0.6 is 11.8 Å². The van der Waals surface area contributed by atoms with Gasteiger partial charge in [0.25, 0.3) is 0 Å². The summed E-state index contributed by atoms with van der Waals surface area (Å²) in [4.78, 5) is 26.1. The second kappa shape index (κ2) is 9.77. The highest BCUT2D eigenvalue weighted by Gasteiger charge is 2.66. The average Bonchev–Trinajstić information content (AvgIpc) is 3.31. The quantitative estimate of drug-likeness (QED) is 0.380. The number of amidine groups is 1. The van der Waals surface area contributed by atoms with Crippen LogP contribution in [0.15, 0.2) is 46.3 Å². The van der Waals surface area contributed by atoms with Gasteiger partial charge in [-0.05, 0) is 56.5 Å². The van der Waals surface area contributed by atoms with Crippen LogP contribution in [-0.4, -0.2) is 39.4 Å². The van der Waals surface area contributed by atoms with Crippen molar-refractivity contribution in [3.05, 3.63) is 76.8 Å². The summed E-state index contributed by atoms with van der Waals surface area (Å²) < 4.78 is 46.1. The normalized spacial score (nSPS) is 24.9. The number of carbonyl (C=O) groups is 1. The molecule has 0 spiro atoms. The summed E-state index contributed by atoms with van der Waals surface area (Å²) in [6.45, 7) is 5.71. The van der Waals surface area contributed by atoms with Gasteiger partial charge in [-0.25, -0.2) is 18.7 Å². The Morgan fingerprint density at radius 1 is 1.32 bits per heavy atom. The lowest BCUT2D eigenvalue weighted by molar-refractivity contribution is 0.0987. The zero-order valence-corrected chi connectivity index (χ0v) is 22.3. The predicted molar refractivity (Wildman–Crippen MR) is 138 cm³/mol. The van der Waals surface area contributed by atoms with E-state index in [0.717, 1.165) is 6.07 Å². The first-order valence-corrected chi connectivity index (χ1v) is 13.0. The highest BCUT2D eigenvalue weighted by atomic mass is 32.2. The first-order valence-electron chi connectivity index (χ1n) is 12.1. The molecule has 0 unspecified atom stereocenters. The topological polar surface area (TPSA) is 113 Å². The summed E-state index contributed by atoms with van der Waals surface area (Å²) in [6, 6.07) is 4.26. The number of carbonyl (C=O) groups excluding carboxylic acids is 1. The molecular weight excluding hydrogens is 514 g/mol. The molecule has 0 saturated heterocycles. The molecule has 0 bridgehead atoms. The number of aryl methyl sites for hydroxylation is 1. The van der Waals surface area contributed by atoms with Crippen LogP contribution in [0.4, 0.5) is 8.78 Å². The fraction of sp³-hybridized carbons (Fsp3) is 0.407. The van der Waals surface area contributed by atoms with E-state index in [4.69, 9.17) is 19.6 Å². The van der Waals surface area contributed by atoms with Crippen LogP contribution in [0.1, 0.15) is 59.4 Å². The maximum absolute atomic E-state index is 15.2. The number of aromatic nitrogens is 2. The van der Waals surface area contributed by atoms with Crippen LogP contribution in [0.25, 0.3) is 0 Å². The Morgan fingerprint density at radius 2 is 2.11 bits per heavy atom. The lowest BCUT2D eigenvalue weighted by Gasteiger charge is -2.34. The lowest BCUT2D eigenvalue weighted by atomic mass is 9.84. The molecule has 2 N–H and O–H groups in total. The summed E-state index contributed by atoms with van der Waals surface area (Å²) in [5, 5.41) is 0.305. The molecule has 38 heavy (non-hydrogen) atoms. The van der Waals surface area contributed by atoms with Crippen molar-refractivity contribution in [2.45, 2.75) is 50.0 Å². The van der Waals surface area contributed by atoms with Gasteiger partial charge in [-0.1, -0.05) is 11.8 Å². The number of nitrogens with zero attached hydrogens (tertiary/aromatic N) is 3. The van der Waals surface area contributed by atoms with Crippen molar-refractivity contribution in [1.82, 2.24) is 9.97 Å². The monoisotopic (exact) mass is 542 g/mol. The highest BCUT2D eigenvalue weighted by Crippen LogP contribution is 2.66. The van der Waals surface area contributed by atoms with Crippen LogP contribution in [-0.2, 0) is 16.7 Å². The number of halogens is 2. The number of aliphatic imine (C=N–C) groups is 1. The molecule has 8 nitrogen and oxygen atoms in total. The molecule has 5 rings (SSSR count). The zero-order chi connectivity index (χ0) is 27.2. The van der Waals surface area contributed by atoms with Crippen LogP contribution in [0, 0.1) is 24.5 Å². The first-order chi connectivity index (χ1) is 18.1. The third-order valence-corrected chi connectivity index (χ3v) is 8.45. The van der Waals surface area contributed by atoms with Gasteiger partial charge in [0.2, 0.25) is 5.89 Å². The first kappa shape index (κ1) is 26.3. The van der Waals surface area contributed by atoms with Crippen LogP contribution in [0.3, 0.4) is 0 Å². The van der Waals surface area contributed by atoms with E-state index in [1.54, 1.807) is 33.9 Å². The number of rotatable bonds is 9. The average molecular weight is 543 g/mol. The fourth-order valence-electron chi connectivity index (χ4n) is 5.31. The Kier molecular flexibility index (Phi) is 6.77. The summed E-state index contributed by atoms with van der Waals surface area (Å²) in [6.07, 6.45) is 4.53. The van der Waals surface area contributed by atoms with Crippen molar-refractivity contribution < 1.29 is 27.5 Å². The lowest BCUT2D eigenvalue weighted by Crippen LogP contribution is -2.38. The molecule has 1 saturated carbocycles. The van der Waals surface area contributed by atoms with Gasteiger partial charge in [0, 0.05) is 25.0 Å². The number of thioether (sulfide) groups is 1. The number of fused-ring (bicyclic) bond motifs is 1. The minimum Gasteiger partial charge on any atom is -0.479 e. The summed E-state index contributed by atoms with van der Waals surface area (Å²) in [5.41, 5.74) is 6.25. The molecule has 200 valence electrons. The molecule has 1 aliphatic heterocycles. The number of ether oxygens (including phenoxy) is 2. The number of nitrogens with two attached hydrogens (primary N) is 1. The second-order valence-corrected chi connectivity index (χ2v) is 11.4. The fourth-order valence-corrected chi connectivity index (χ4v) is 6.76. The minimum absolute atomic E-state index is 0.0812. The highest BCUT2D eigenvalue weighted by molar-refractivity contribution is 8.15. The standard InChI is InChI=1S/C27H28F2N4O4S/c1-14-7-17(37-15(2)24-31-5-6-36-24)12-32-23(14)20(34)10-16-8-18(22(29)19(28)9-16)26(3)21-11-27(21,13-35-4)38-25(30)33-26/h5-9,12,15,21H,10-11,13H2,1-4H3,(H2,30,33)/t15-,21+,26-,27-/m1/s1. The number of pyridine rings is 1. The SMILES string of the molecule is COC[C@]12C[C@H]1[C@@](C)(c1cc(CC(=O)c3ncc(O[C@H](C)c4ncco4)cc3C)cc(F)c1F)N=C(N)S2. The van der Waals surface area contributed by atoms with Crippen molar-refractivity contribution in [3.8, 4) is 5.75 Å². The molecule has 0 amide bonds. The maximum Gasteiger partial charge on any atom is 0.235 e. The van der Waals surface area contributed by atoms with Crippen LogP contribution in [0.5, 0.6) is 5.75 Å². The molecule has 1 aliphatic carbocycles. The van der Waals surface area contributed by atoms with Crippen molar-refractivity contribution >= 4 is 22.7 Å². The Hall–Kier alpha value is -3.31. The largest absolute Gasteiger partial charge is 0.479 e. The second-order valence-electron chi connectivity index (χ2n) is 9.96. The van der Waals surface area contributed by atoms with E-state index in [1.165, 1.54) is 36.5 Å². The molecule has 3 heterocycles. The Labute approximate surface area is 223 Å². The summed E-state index contributed by atoms with van der Waals surface area (Å²) in [7, 11) is 1.60. The minimum atomic E-state index is -1.08. The molecule has 1 fully saturated rings. The Morgan fingerprint density at radius 3 is 2.79 bits per heavy atom. The predicted octanol–water partition coefficient (Wildman–Crippen LogP) is 4.90. The number of hydrogen-bond acceptors (Lipinski definition) is 9.